The summed E-state index contributed by atoms with van der Waals surface area (Å²) in [6, 6.07) is 25.7. The molecular formula is C29H27N5O3S2. The number of carbonyl (C=O) groups excluding carboxylic acids is 1. The number of benzene rings is 3. The molecule has 39 heavy (non-hydrogen) atoms. The Bertz CT molecular complexity index is 1520. The predicted octanol–water partition coefficient (Wildman–Crippen LogP) is 6.06. The Morgan fingerprint density at radius 1 is 0.897 bits per heavy atom. The Kier molecular flexibility index (Phi) is 8.55. The van der Waals surface area contributed by atoms with Crippen molar-refractivity contribution in [2.75, 3.05) is 25.3 Å². The topological polar surface area (TPSA) is 91.2 Å². The molecule has 1 amide bonds. The van der Waals surface area contributed by atoms with E-state index >= 15 is 0 Å². The number of ether oxygens (including phenoxy) is 2. The van der Waals surface area contributed by atoms with E-state index in [1.54, 1.807) is 14.2 Å². The molecule has 8 nitrogen and oxygen atoms in total. The van der Waals surface area contributed by atoms with E-state index in [0.717, 1.165) is 40.6 Å². The fourth-order valence-electron chi connectivity index (χ4n) is 3.95. The number of carbonyl (C=O) groups is 1. The summed E-state index contributed by atoms with van der Waals surface area (Å²) >= 11 is 2.75. The van der Waals surface area contributed by atoms with Gasteiger partial charge in [-0.3, -0.25) is 4.79 Å². The van der Waals surface area contributed by atoms with Gasteiger partial charge in [-0.15, -0.1) is 21.5 Å². The average molecular weight is 558 g/mol. The van der Waals surface area contributed by atoms with Crippen LogP contribution in [0.4, 0.5) is 5.13 Å². The van der Waals surface area contributed by atoms with Gasteiger partial charge in [-0.05, 0) is 60.5 Å². The van der Waals surface area contributed by atoms with Crippen LogP contribution in [0.5, 0.6) is 11.5 Å². The average Bonchev–Trinajstić information content (AvgIpc) is 3.62. The largest absolute Gasteiger partial charge is 0.497 e. The lowest BCUT2D eigenvalue weighted by atomic mass is 10.1. The van der Waals surface area contributed by atoms with Crippen LogP contribution >= 0.6 is 23.1 Å². The summed E-state index contributed by atoms with van der Waals surface area (Å²) in [6.07, 6.45) is 0.815. The fourth-order valence-corrected chi connectivity index (χ4v) is 5.45. The van der Waals surface area contributed by atoms with E-state index < -0.39 is 0 Å². The second-order valence-electron chi connectivity index (χ2n) is 8.53. The number of nitrogens with one attached hydrogen (secondary N) is 1. The Balaban J connectivity index is 1.27. The zero-order valence-electron chi connectivity index (χ0n) is 21.5. The fraction of sp³-hybridized carbons (Fsp3) is 0.172. The minimum atomic E-state index is -0.153. The van der Waals surface area contributed by atoms with E-state index in [0.29, 0.717) is 16.8 Å². The Hall–Kier alpha value is -4.15. The summed E-state index contributed by atoms with van der Waals surface area (Å²) in [6.45, 7) is 0.681. The maximum atomic E-state index is 12.8. The highest BCUT2D eigenvalue weighted by molar-refractivity contribution is 7.99. The van der Waals surface area contributed by atoms with Crippen molar-refractivity contribution in [3.05, 3.63) is 89.8 Å². The van der Waals surface area contributed by atoms with Crippen molar-refractivity contribution in [1.29, 1.82) is 0 Å². The van der Waals surface area contributed by atoms with Crippen molar-refractivity contribution in [3.63, 3.8) is 0 Å². The second kappa shape index (κ2) is 12.6. The van der Waals surface area contributed by atoms with Gasteiger partial charge in [0.2, 0.25) is 5.91 Å². The quantitative estimate of drug-likeness (QED) is 0.197. The van der Waals surface area contributed by atoms with E-state index in [2.05, 4.69) is 37.2 Å². The predicted molar refractivity (Wildman–Crippen MR) is 156 cm³/mol. The minimum absolute atomic E-state index is 0.153. The third-order valence-electron chi connectivity index (χ3n) is 6.00. The molecule has 0 aliphatic heterocycles. The lowest BCUT2D eigenvalue weighted by molar-refractivity contribution is -0.113. The summed E-state index contributed by atoms with van der Waals surface area (Å²) in [7, 11) is 3.28. The van der Waals surface area contributed by atoms with Gasteiger partial charge in [-0.2, -0.15) is 0 Å². The third-order valence-corrected chi connectivity index (χ3v) is 7.73. The standard InChI is InChI=1S/C29H27N5O3S2/c1-36-23-12-8-21(9-13-23)25-18-38-28(30-25)31-26(35)19-39-29-33-32-27(22-10-14-24(37-2)15-11-22)34(29)17-16-20-6-4-3-5-7-20/h3-15,18H,16-17,19H2,1-2H3,(H,30,31,35). The van der Waals surface area contributed by atoms with Crippen molar-refractivity contribution < 1.29 is 14.3 Å². The summed E-state index contributed by atoms with van der Waals surface area (Å²) in [5.74, 6) is 2.34. The Morgan fingerprint density at radius 2 is 1.56 bits per heavy atom. The van der Waals surface area contributed by atoms with Gasteiger partial charge in [0.1, 0.15) is 11.5 Å². The van der Waals surface area contributed by atoms with E-state index in [-0.39, 0.29) is 11.7 Å². The number of amides is 1. The van der Waals surface area contributed by atoms with Gasteiger partial charge in [0.15, 0.2) is 16.1 Å². The maximum Gasteiger partial charge on any atom is 0.236 e. The maximum absolute atomic E-state index is 12.8. The van der Waals surface area contributed by atoms with Crippen LogP contribution in [0, 0.1) is 0 Å². The molecule has 0 aliphatic carbocycles. The van der Waals surface area contributed by atoms with Crippen LogP contribution in [-0.4, -0.2) is 45.6 Å². The van der Waals surface area contributed by atoms with Crippen LogP contribution in [0.3, 0.4) is 0 Å². The molecular weight excluding hydrogens is 530 g/mol. The summed E-state index contributed by atoms with van der Waals surface area (Å²) in [5, 5.41) is 15.0. The highest BCUT2D eigenvalue weighted by Gasteiger charge is 2.17. The van der Waals surface area contributed by atoms with Gasteiger partial charge in [0.05, 0.1) is 25.7 Å². The molecule has 0 bridgehead atoms. The first kappa shape index (κ1) is 26.5. The zero-order valence-corrected chi connectivity index (χ0v) is 23.2. The highest BCUT2D eigenvalue weighted by Crippen LogP contribution is 2.28. The molecule has 0 radical (unpaired) electrons. The summed E-state index contributed by atoms with van der Waals surface area (Å²) < 4.78 is 12.6. The molecule has 2 aromatic heterocycles. The van der Waals surface area contributed by atoms with Crippen LogP contribution in [0.15, 0.2) is 89.4 Å². The number of anilines is 1. The molecule has 0 saturated carbocycles. The molecule has 0 aliphatic rings. The first-order valence-electron chi connectivity index (χ1n) is 12.3. The first-order valence-corrected chi connectivity index (χ1v) is 14.1. The normalized spacial score (nSPS) is 10.8. The monoisotopic (exact) mass is 557 g/mol. The van der Waals surface area contributed by atoms with Crippen LogP contribution < -0.4 is 14.8 Å². The van der Waals surface area contributed by atoms with Crippen molar-refractivity contribution in [1.82, 2.24) is 19.7 Å². The molecule has 3 aromatic carbocycles. The van der Waals surface area contributed by atoms with Crippen LogP contribution in [0.25, 0.3) is 22.6 Å². The molecule has 1 N–H and O–H groups in total. The van der Waals surface area contributed by atoms with Crippen molar-refractivity contribution in [2.45, 2.75) is 18.1 Å². The molecule has 198 valence electrons. The zero-order chi connectivity index (χ0) is 27.0. The number of hydrogen-bond acceptors (Lipinski definition) is 8. The van der Waals surface area contributed by atoms with Gasteiger partial charge in [-0.25, -0.2) is 4.98 Å². The van der Waals surface area contributed by atoms with Gasteiger partial charge in [-0.1, -0.05) is 42.1 Å². The van der Waals surface area contributed by atoms with Crippen molar-refractivity contribution >= 4 is 34.1 Å². The number of aromatic nitrogens is 4. The molecule has 5 rings (SSSR count). The van der Waals surface area contributed by atoms with E-state index in [9.17, 15) is 4.79 Å². The first-order chi connectivity index (χ1) is 19.1. The number of thioether (sulfide) groups is 1. The van der Waals surface area contributed by atoms with Crippen molar-refractivity contribution in [3.8, 4) is 34.1 Å². The van der Waals surface area contributed by atoms with Gasteiger partial charge < -0.3 is 19.4 Å². The molecule has 0 fully saturated rings. The molecule has 0 unspecified atom stereocenters. The van der Waals surface area contributed by atoms with Gasteiger partial charge in [0.25, 0.3) is 0 Å². The smallest absolute Gasteiger partial charge is 0.236 e. The highest BCUT2D eigenvalue weighted by atomic mass is 32.2. The number of nitrogens with zero attached hydrogens (tertiary/aromatic N) is 4. The van der Waals surface area contributed by atoms with E-state index in [4.69, 9.17) is 9.47 Å². The van der Waals surface area contributed by atoms with Gasteiger partial charge in [0, 0.05) is 23.1 Å². The van der Waals surface area contributed by atoms with Crippen LogP contribution in [0.1, 0.15) is 5.56 Å². The number of aryl methyl sites for hydroxylation is 1. The van der Waals surface area contributed by atoms with Crippen LogP contribution in [-0.2, 0) is 17.8 Å². The van der Waals surface area contributed by atoms with Crippen molar-refractivity contribution in [2.24, 2.45) is 0 Å². The molecule has 10 heteroatoms. The number of methoxy groups -OCH3 is 2. The second-order valence-corrected chi connectivity index (χ2v) is 10.3. The van der Waals surface area contributed by atoms with Crippen LogP contribution in [0.2, 0.25) is 0 Å². The number of thiazole rings is 1. The minimum Gasteiger partial charge on any atom is -0.497 e. The Labute approximate surface area is 235 Å². The molecule has 5 aromatic rings. The lowest BCUT2D eigenvalue weighted by Crippen LogP contribution is -2.14. The number of rotatable bonds is 11. The lowest BCUT2D eigenvalue weighted by Gasteiger charge is -2.11. The van der Waals surface area contributed by atoms with Gasteiger partial charge >= 0.3 is 0 Å². The third kappa shape index (κ3) is 6.65. The molecule has 0 spiro atoms. The summed E-state index contributed by atoms with van der Waals surface area (Å²) in [5.41, 5.74) is 3.91. The molecule has 2 heterocycles. The summed E-state index contributed by atoms with van der Waals surface area (Å²) in [4.78, 5) is 17.4. The Morgan fingerprint density at radius 3 is 2.23 bits per heavy atom. The molecule has 0 saturated heterocycles. The SMILES string of the molecule is COc1ccc(-c2csc(NC(=O)CSc3nnc(-c4ccc(OC)cc4)n3CCc3ccccc3)n2)cc1. The molecule has 0 atom stereocenters. The van der Waals surface area contributed by atoms with E-state index in [1.165, 1.54) is 28.7 Å². The number of hydrogen-bond donors (Lipinski definition) is 1. The van der Waals surface area contributed by atoms with E-state index in [1.807, 2.05) is 72.1 Å².